The van der Waals surface area contributed by atoms with Gasteiger partial charge in [-0.2, -0.15) is 0 Å². The Hall–Kier alpha value is -0.280. The van der Waals surface area contributed by atoms with E-state index in [-0.39, 0.29) is 24.2 Å². The molecule has 11 heavy (non-hydrogen) atoms. The number of amides is 1. The van der Waals surface area contributed by atoms with Crippen LogP contribution in [0.15, 0.2) is 0 Å². The van der Waals surface area contributed by atoms with Crippen molar-refractivity contribution in [1.29, 1.82) is 0 Å². The van der Waals surface area contributed by atoms with Gasteiger partial charge in [-0.3, -0.25) is 4.79 Å². The van der Waals surface area contributed by atoms with E-state index in [0.29, 0.717) is 13.1 Å². The molecule has 0 radical (unpaired) electrons. The molecule has 4 heteroatoms. The van der Waals surface area contributed by atoms with Gasteiger partial charge in [0, 0.05) is 19.0 Å². The molecule has 3 N–H and O–H groups in total. The van der Waals surface area contributed by atoms with Crippen LogP contribution in [0.2, 0.25) is 0 Å². The number of hydrogen-bond donors (Lipinski definition) is 2. The molecule has 68 valence electrons. The smallest absolute Gasteiger partial charge is 0.222 e. The van der Waals surface area contributed by atoms with Gasteiger partial charge >= 0.3 is 0 Å². The minimum Gasteiger partial charge on any atom is -0.355 e. The molecular formula is C7H17ClN2O. The second-order valence-corrected chi connectivity index (χ2v) is 2.39. The van der Waals surface area contributed by atoms with E-state index >= 15 is 0 Å². The molecule has 0 aromatic heterocycles. The van der Waals surface area contributed by atoms with Gasteiger partial charge in [0.05, 0.1) is 0 Å². The van der Waals surface area contributed by atoms with Gasteiger partial charge in [0.25, 0.3) is 0 Å². The summed E-state index contributed by atoms with van der Waals surface area (Å²) in [5.74, 6) is 0.222. The third kappa shape index (κ3) is 6.13. The van der Waals surface area contributed by atoms with Gasteiger partial charge in [-0.15, -0.1) is 12.4 Å². The molecule has 1 amide bonds. The predicted molar refractivity (Wildman–Crippen MR) is 48.8 cm³/mol. The Bertz CT molecular complexity index is 109. The van der Waals surface area contributed by atoms with Crippen molar-refractivity contribution >= 4 is 18.3 Å². The Morgan fingerprint density at radius 2 is 2.18 bits per heavy atom. The van der Waals surface area contributed by atoms with Crippen LogP contribution < -0.4 is 11.1 Å². The zero-order valence-corrected chi connectivity index (χ0v) is 7.91. The zero-order valence-electron chi connectivity index (χ0n) is 7.09. The maximum absolute atomic E-state index is 11.0. The van der Waals surface area contributed by atoms with Crippen LogP contribution in [-0.4, -0.2) is 19.0 Å². The summed E-state index contributed by atoms with van der Waals surface area (Å²) < 4.78 is 0. The van der Waals surface area contributed by atoms with Gasteiger partial charge in [-0.1, -0.05) is 13.8 Å². The molecule has 0 heterocycles. The number of carbonyl (C=O) groups excluding carboxylic acids is 1. The van der Waals surface area contributed by atoms with E-state index in [1.54, 1.807) is 0 Å². The summed E-state index contributed by atoms with van der Waals surface area (Å²) in [4.78, 5) is 11.0. The summed E-state index contributed by atoms with van der Waals surface area (Å²) in [5, 5.41) is 2.72. The Morgan fingerprint density at radius 3 is 2.55 bits per heavy atom. The minimum absolute atomic E-state index is 0. The third-order valence-corrected chi connectivity index (χ3v) is 1.50. The number of nitrogens with two attached hydrogens (primary N) is 1. The lowest BCUT2D eigenvalue weighted by atomic mass is 10.1. The van der Waals surface area contributed by atoms with Crippen molar-refractivity contribution < 1.29 is 4.79 Å². The fraction of sp³-hybridized carbons (Fsp3) is 0.857. The number of halogens is 1. The maximum Gasteiger partial charge on any atom is 0.222 e. The van der Waals surface area contributed by atoms with Crippen molar-refractivity contribution in [2.75, 3.05) is 13.1 Å². The Labute approximate surface area is 74.1 Å². The maximum atomic E-state index is 11.0. The SMILES string of the molecule is CCC(C)C(=O)NCCN.Cl. The van der Waals surface area contributed by atoms with E-state index in [0.717, 1.165) is 6.42 Å². The second kappa shape index (κ2) is 7.82. The molecule has 0 rings (SSSR count). The first-order valence-corrected chi connectivity index (χ1v) is 3.70. The van der Waals surface area contributed by atoms with Gasteiger partial charge in [-0.05, 0) is 6.42 Å². The molecule has 1 atom stereocenters. The van der Waals surface area contributed by atoms with Crippen molar-refractivity contribution in [2.45, 2.75) is 20.3 Å². The van der Waals surface area contributed by atoms with Crippen LogP contribution in [0.1, 0.15) is 20.3 Å². The summed E-state index contributed by atoms with van der Waals surface area (Å²) in [7, 11) is 0. The predicted octanol–water partition coefficient (Wildman–Crippen LogP) is 0.529. The summed E-state index contributed by atoms with van der Waals surface area (Å²) in [6, 6.07) is 0. The van der Waals surface area contributed by atoms with Crippen molar-refractivity contribution in [2.24, 2.45) is 11.7 Å². The first kappa shape index (κ1) is 13.3. The molecule has 0 fully saturated rings. The number of nitrogens with one attached hydrogen (secondary N) is 1. The Kier molecular flexibility index (Phi) is 9.47. The van der Waals surface area contributed by atoms with Gasteiger partial charge in [0.1, 0.15) is 0 Å². The highest BCUT2D eigenvalue weighted by atomic mass is 35.5. The fourth-order valence-electron chi connectivity index (χ4n) is 0.555. The lowest BCUT2D eigenvalue weighted by Gasteiger charge is -2.07. The standard InChI is InChI=1S/C7H16N2O.ClH/c1-3-6(2)7(10)9-5-4-8;/h6H,3-5,8H2,1-2H3,(H,9,10);1H. The lowest BCUT2D eigenvalue weighted by Crippen LogP contribution is -2.32. The molecule has 0 aliphatic heterocycles. The number of carbonyl (C=O) groups is 1. The molecule has 3 nitrogen and oxygen atoms in total. The van der Waals surface area contributed by atoms with E-state index in [2.05, 4.69) is 5.32 Å². The van der Waals surface area contributed by atoms with Crippen LogP contribution >= 0.6 is 12.4 Å². The van der Waals surface area contributed by atoms with Crippen LogP contribution in [0.4, 0.5) is 0 Å². The first-order valence-electron chi connectivity index (χ1n) is 3.70. The molecule has 0 saturated heterocycles. The van der Waals surface area contributed by atoms with Crippen molar-refractivity contribution in [3.8, 4) is 0 Å². The largest absolute Gasteiger partial charge is 0.355 e. The Morgan fingerprint density at radius 1 is 1.64 bits per heavy atom. The van der Waals surface area contributed by atoms with E-state index in [4.69, 9.17) is 5.73 Å². The summed E-state index contributed by atoms with van der Waals surface area (Å²) in [5.41, 5.74) is 5.20. The highest BCUT2D eigenvalue weighted by molar-refractivity contribution is 5.85. The van der Waals surface area contributed by atoms with Gasteiger partial charge in [0.15, 0.2) is 0 Å². The number of rotatable bonds is 4. The van der Waals surface area contributed by atoms with Crippen LogP contribution in [0.25, 0.3) is 0 Å². The molecular weight excluding hydrogens is 164 g/mol. The van der Waals surface area contributed by atoms with Gasteiger partial charge in [0.2, 0.25) is 5.91 Å². The van der Waals surface area contributed by atoms with E-state index < -0.39 is 0 Å². The summed E-state index contributed by atoms with van der Waals surface area (Å²) >= 11 is 0. The van der Waals surface area contributed by atoms with Gasteiger partial charge < -0.3 is 11.1 Å². The number of hydrogen-bond acceptors (Lipinski definition) is 2. The van der Waals surface area contributed by atoms with Gasteiger partial charge in [-0.25, -0.2) is 0 Å². The van der Waals surface area contributed by atoms with Crippen LogP contribution in [-0.2, 0) is 4.79 Å². The average molecular weight is 181 g/mol. The van der Waals surface area contributed by atoms with Crippen molar-refractivity contribution in [1.82, 2.24) is 5.32 Å². The first-order chi connectivity index (χ1) is 4.72. The van der Waals surface area contributed by atoms with E-state index in [9.17, 15) is 4.79 Å². The van der Waals surface area contributed by atoms with Crippen LogP contribution in [0.3, 0.4) is 0 Å². The monoisotopic (exact) mass is 180 g/mol. The molecule has 0 bridgehead atoms. The molecule has 0 aromatic rings. The zero-order chi connectivity index (χ0) is 7.98. The quantitative estimate of drug-likeness (QED) is 0.663. The third-order valence-electron chi connectivity index (χ3n) is 1.50. The van der Waals surface area contributed by atoms with Crippen molar-refractivity contribution in [3.05, 3.63) is 0 Å². The molecule has 0 spiro atoms. The molecule has 0 saturated carbocycles. The normalized spacial score (nSPS) is 11.5. The highest BCUT2D eigenvalue weighted by Crippen LogP contribution is 1.98. The topological polar surface area (TPSA) is 55.1 Å². The van der Waals surface area contributed by atoms with E-state index in [1.807, 2.05) is 13.8 Å². The molecule has 0 aromatic carbocycles. The van der Waals surface area contributed by atoms with Crippen LogP contribution in [0.5, 0.6) is 0 Å². The van der Waals surface area contributed by atoms with Crippen molar-refractivity contribution in [3.63, 3.8) is 0 Å². The summed E-state index contributed by atoms with van der Waals surface area (Å²) in [6.07, 6.45) is 0.885. The lowest BCUT2D eigenvalue weighted by molar-refractivity contribution is -0.124. The van der Waals surface area contributed by atoms with Crippen LogP contribution in [0, 0.1) is 5.92 Å². The molecule has 0 aliphatic rings. The van der Waals surface area contributed by atoms with E-state index in [1.165, 1.54) is 0 Å². The average Bonchev–Trinajstić information content (AvgIpc) is 1.98. The minimum atomic E-state index is 0. The highest BCUT2D eigenvalue weighted by Gasteiger charge is 2.07. The molecule has 0 aliphatic carbocycles. The molecule has 1 unspecified atom stereocenters. The fourth-order valence-corrected chi connectivity index (χ4v) is 0.555. The summed E-state index contributed by atoms with van der Waals surface area (Å²) in [6.45, 7) is 5.00. The Balaban J connectivity index is 0. The second-order valence-electron chi connectivity index (χ2n) is 2.39.